The average molecular weight is 341 g/mol. The van der Waals surface area contributed by atoms with E-state index in [-0.39, 0.29) is 5.91 Å². The highest BCUT2D eigenvalue weighted by Gasteiger charge is 2.22. The Bertz CT molecular complexity index is 731. The molecule has 0 radical (unpaired) electrons. The Morgan fingerprint density at radius 1 is 1.32 bits per heavy atom. The number of piperidine rings is 1. The summed E-state index contributed by atoms with van der Waals surface area (Å²) in [6.45, 7) is 5.12. The van der Waals surface area contributed by atoms with E-state index in [4.69, 9.17) is 10.7 Å². The molecule has 2 aromatic heterocycles. The first-order valence-electron chi connectivity index (χ1n) is 8.94. The fraction of sp³-hybridized carbons (Fsp3) is 0.526. The van der Waals surface area contributed by atoms with Gasteiger partial charge in [0.2, 0.25) is 5.91 Å². The summed E-state index contributed by atoms with van der Waals surface area (Å²) in [5, 5.41) is 0. The van der Waals surface area contributed by atoms with Crippen LogP contribution in [0.15, 0.2) is 24.7 Å². The molecule has 3 heterocycles. The maximum absolute atomic E-state index is 11.0. The molecule has 1 saturated heterocycles. The number of aromatic nitrogens is 3. The minimum Gasteiger partial charge on any atom is -0.370 e. The molecule has 6 heteroatoms. The van der Waals surface area contributed by atoms with Gasteiger partial charge in [-0.05, 0) is 57.0 Å². The number of hydrogen-bond donors (Lipinski definition) is 1. The fourth-order valence-corrected chi connectivity index (χ4v) is 3.54. The lowest BCUT2D eigenvalue weighted by Gasteiger charge is -2.31. The van der Waals surface area contributed by atoms with Gasteiger partial charge in [0.15, 0.2) is 0 Å². The van der Waals surface area contributed by atoms with Crippen molar-refractivity contribution in [3.8, 4) is 0 Å². The second-order valence-corrected chi connectivity index (χ2v) is 7.05. The molecule has 25 heavy (non-hydrogen) atoms. The van der Waals surface area contributed by atoms with Crippen LogP contribution in [0.2, 0.25) is 0 Å². The van der Waals surface area contributed by atoms with Crippen molar-refractivity contribution in [3.05, 3.63) is 47.3 Å². The molecular formula is C19H27N5O. The Kier molecular flexibility index (Phi) is 5.48. The number of pyridine rings is 1. The second kappa shape index (κ2) is 7.78. The van der Waals surface area contributed by atoms with E-state index in [9.17, 15) is 4.79 Å². The van der Waals surface area contributed by atoms with Crippen LogP contribution in [0.1, 0.15) is 47.8 Å². The number of primary amides is 1. The topological polar surface area (TPSA) is 77.0 Å². The standard InChI is InChI=1S/C19H27N5O/c1-14-9-15(3-4-19(20)25)10-18(22-14)16-5-7-24(8-6-16)12-17-11-21-13-23(17)2/h9-11,13,16H,3-8,12H2,1-2H3,(H2,20,25). The number of carbonyl (C=O) groups excluding carboxylic acids is 1. The summed E-state index contributed by atoms with van der Waals surface area (Å²) in [6.07, 6.45) is 7.12. The number of imidazole rings is 1. The van der Waals surface area contributed by atoms with Crippen molar-refractivity contribution in [1.29, 1.82) is 0 Å². The van der Waals surface area contributed by atoms with E-state index in [1.165, 1.54) is 17.0 Å². The van der Waals surface area contributed by atoms with E-state index >= 15 is 0 Å². The lowest BCUT2D eigenvalue weighted by atomic mass is 9.91. The Balaban J connectivity index is 1.60. The van der Waals surface area contributed by atoms with E-state index in [2.05, 4.69) is 26.6 Å². The first-order valence-corrected chi connectivity index (χ1v) is 8.94. The Labute approximate surface area is 149 Å². The van der Waals surface area contributed by atoms with Crippen molar-refractivity contribution in [1.82, 2.24) is 19.4 Å². The molecule has 0 spiro atoms. The summed E-state index contributed by atoms with van der Waals surface area (Å²) in [4.78, 5) is 22.5. The van der Waals surface area contributed by atoms with Crippen LogP contribution in [0.3, 0.4) is 0 Å². The van der Waals surface area contributed by atoms with Gasteiger partial charge in [-0.15, -0.1) is 0 Å². The van der Waals surface area contributed by atoms with E-state index < -0.39 is 0 Å². The van der Waals surface area contributed by atoms with Crippen LogP contribution >= 0.6 is 0 Å². The van der Waals surface area contributed by atoms with E-state index in [1.54, 1.807) is 0 Å². The molecule has 3 rings (SSSR count). The third-order valence-electron chi connectivity index (χ3n) is 5.00. The highest BCUT2D eigenvalue weighted by Crippen LogP contribution is 2.28. The molecule has 0 aromatic carbocycles. The van der Waals surface area contributed by atoms with Crippen LogP contribution in [0.25, 0.3) is 0 Å². The number of likely N-dealkylation sites (tertiary alicyclic amines) is 1. The number of aryl methyl sites for hydroxylation is 3. The minimum absolute atomic E-state index is 0.250. The molecule has 0 unspecified atom stereocenters. The van der Waals surface area contributed by atoms with Gasteiger partial charge in [-0.25, -0.2) is 4.98 Å². The zero-order chi connectivity index (χ0) is 17.8. The molecule has 0 atom stereocenters. The van der Waals surface area contributed by atoms with Crippen molar-refractivity contribution in [2.75, 3.05) is 13.1 Å². The van der Waals surface area contributed by atoms with E-state index in [1.807, 2.05) is 26.5 Å². The molecule has 1 aliphatic heterocycles. The molecule has 0 saturated carbocycles. The van der Waals surface area contributed by atoms with Crippen molar-refractivity contribution >= 4 is 5.91 Å². The van der Waals surface area contributed by atoms with E-state index in [0.29, 0.717) is 18.8 Å². The highest BCUT2D eigenvalue weighted by molar-refractivity contribution is 5.74. The zero-order valence-corrected chi connectivity index (χ0v) is 15.1. The summed E-state index contributed by atoms with van der Waals surface area (Å²) in [6, 6.07) is 4.22. The van der Waals surface area contributed by atoms with Crippen molar-refractivity contribution in [3.63, 3.8) is 0 Å². The number of rotatable bonds is 6. The Morgan fingerprint density at radius 3 is 2.72 bits per heavy atom. The van der Waals surface area contributed by atoms with Gasteiger partial charge < -0.3 is 10.3 Å². The van der Waals surface area contributed by atoms with E-state index in [0.717, 1.165) is 38.2 Å². The number of nitrogens with zero attached hydrogens (tertiary/aromatic N) is 4. The lowest BCUT2D eigenvalue weighted by molar-refractivity contribution is -0.117. The van der Waals surface area contributed by atoms with Crippen LogP contribution in [0, 0.1) is 6.92 Å². The van der Waals surface area contributed by atoms with Crippen molar-refractivity contribution in [2.45, 2.75) is 45.1 Å². The fourth-order valence-electron chi connectivity index (χ4n) is 3.54. The van der Waals surface area contributed by atoms with Gasteiger partial charge in [-0.2, -0.15) is 0 Å². The maximum Gasteiger partial charge on any atom is 0.217 e. The summed E-state index contributed by atoms with van der Waals surface area (Å²) in [5.74, 6) is 0.245. The van der Waals surface area contributed by atoms with Gasteiger partial charge in [-0.1, -0.05) is 0 Å². The normalized spacial score (nSPS) is 16.2. The van der Waals surface area contributed by atoms with Crippen LogP contribution in [0.4, 0.5) is 0 Å². The number of amides is 1. The summed E-state index contributed by atoms with van der Waals surface area (Å²) in [7, 11) is 2.04. The van der Waals surface area contributed by atoms with Gasteiger partial charge in [-0.3, -0.25) is 14.7 Å². The summed E-state index contributed by atoms with van der Waals surface area (Å²) in [5.41, 5.74) is 9.88. The highest BCUT2D eigenvalue weighted by atomic mass is 16.1. The maximum atomic E-state index is 11.0. The minimum atomic E-state index is -0.250. The number of hydrogen-bond acceptors (Lipinski definition) is 4. The molecule has 0 aliphatic carbocycles. The van der Waals surface area contributed by atoms with Crippen LogP contribution < -0.4 is 5.73 Å². The predicted octanol–water partition coefficient (Wildman–Crippen LogP) is 1.92. The molecule has 2 aromatic rings. The molecular weight excluding hydrogens is 314 g/mol. The van der Waals surface area contributed by atoms with Gasteiger partial charge in [0.1, 0.15) is 0 Å². The predicted molar refractivity (Wildman–Crippen MR) is 96.9 cm³/mol. The van der Waals surface area contributed by atoms with Crippen LogP contribution in [-0.2, 0) is 24.8 Å². The lowest BCUT2D eigenvalue weighted by Crippen LogP contribution is -2.33. The third kappa shape index (κ3) is 4.66. The molecule has 2 N–H and O–H groups in total. The molecule has 0 bridgehead atoms. The van der Waals surface area contributed by atoms with Gasteiger partial charge in [0, 0.05) is 43.5 Å². The molecule has 134 valence electrons. The Hall–Kier alpha value is -2.21. The zero-order valence-electron chi connectivity index (χ0n) is 15.1. The third-order valence-corrected chi connectivity index (χ3v) is 5.00. The second-order valence-electron chi connectivity index (χ2n) is 7.05. The average Bonchev–Trinajstić information content (AvgIpc) is 2.98. The van der Waals surface area contributed by atoms with Crippen molar-refractivity contribution in [2.24, 2.45) is 12.8 Å². The number of carbonyl (C=O) groups is 1. The van der Waals surface area contributed by atoms with Crippen LogP contribution in [0.5, 0.6) is 0 Å². The first-order chi connectivity index (χ1) is 12.0. The quantitative estimate of drug-likeness (QED) is 0.871. The molecule has 1 fully saturated rings. The summed E-state index contributed by atoms with van der Waals surface area (Å²) >= 11 is 0. The Morgan fingerprint density at radius 2 is 2.08 bits per heavy atom. The largest absolute Gasteiger partial charge is 0.370 e. The molecule has 6 nitrogen and oxygen atoms in total. The van der Waals surface area contributed by atoms with Gasteiger partial charge >= 0.3 is 0 Å². The molecule has 1 aliphatic rings. The number of nitrogens with two attached hydrogens (primary N) is 1. The van der Waals surface area contributed by atoms with Gasteiger partial charge in [0.05, 0.1) is 12.0 Å². The SMILES string of the molecule is Cc1cc(CCC(N)=O)cc(C2CCN(Cc3cncn3C)CC2)n1. The smallest absolute Gasteiger partial charge is 0.217 e. The monoisotopic (exact) mass is 341 g/mol. The first kappa shape index (κ1) is 17.6. The summed E-state index contributed by atoms with van der Waals surface area (Å²) < 4.78 is 2.08. The van der Waals surface area contributed by atoms with Crippen LogP contribution in [-0.4, -0.2) is 38.4 Å². The van der Waals surface area contributed by atoms with Crippen molar-refractivity contribution < 1.29 is 4.79 Å². The van der Waals surface area contributed by atoms with Gasteiger partial charge in [0.25, 0.3) is 0 Å². The molecule has 1 amide bonds.